The SMILES string of the molecule is CCOc1cc(=O)n2[nH]c(CC)c(Oc3ccc(C(=O)OC)cc3)c2n1. The number of benzene rings is 1. The van der Waals surface area contributed by atoms with Crippen LogP contribution in [0, 0.1) is 0 Å². The van der Waals surface area contributed by atoms with Crippen LogP contribution in [0.15, 0.2) is 35.1 Å². The van der Waals surface area contributed by atoms with Gasteiger partial charge in [-0.05, 0) is 37.6 Å². The molecule has 1 N–H and O–H groups in total. The Kier molecular flexibility index (Phi) is 4.92. The van der Waals surface area contributed by atoms with Crippen LogP contribution < -0.4 is 15.0 Å². The fraction of sp³-hybridized carbons (Fsp3) is 0.278. The number of nitrogens with zero attached hydrogens (tertiary/aromatic N) is 2. The summed E-state index contributed by atoms with van der Waals surface area (Å²) in [6.45, 7) is 4.16. The summed E-state index contributed by atoms with van der Waals surface area (Å²) in [6.07, 6.45) is 0.613. The van der Waals surface area contributed by atoms with Gasteiger partial charge in [0.05, 0.1) is 31.0 Å². The number of carbonyl (C=O) groups is 1. The van der Waals surface area contributed by atoms with Crippen molar-refractivity contribution in [3.8, 4) is 17.4 Å². The number of H-pyrrole nitrogens is 1. The van der Waals surface area contributed by atoms with E-state index in [-0.39, 0.29) is 11.4 Å². The Bertz CT molecular complexity index is 988. The third kappa shape index (κ3) is 3.26. The average Bonchev–Trinajstić information content (AvgIpc) is 3.00. The van der Waals surface area contributed by atoms with Crippen molar-refractivity contribution in [1.29, 1.82) is 0 Å². The molecule has 0 aliphatic heterocycles. The Balaban J connectivity index is 2.03. The quantitative estimate of drug-likeness (QED) is 0.681. The van der Waals surface area contributed by atoms with Crippen LogP contribution in [0.5, 0.6) is 17.4 Å². The zero-order valence-corrected chi connectivity index (χ0v) is 14.7. The molecule has 0 atom stereocenters. The number of fused-ring (bicyclic) bond motifs is 1. The monoisotopic (exact) mass is 357 g/mol. The van der Waals surface area contributed by atoms with Crippen LogP contribution in [-0.4, -0.2) is 34.3 Å². The molecule has 0 fully saturated rings. The third-order valence-corrected chi connectivity index (χ3v) is 3.76. The van der Waals surface area contributed by atoms with E-state index in [0.717, 1.165) is 5.69 Å². The summed E-state index contributed by atoms with van der Waals surface area (Å²) in [6, 6.07) is 7.83. The van der Waals surface area contributed by atoms with Crippen LogP contribution >= 0.6 is 0 Å². The molecule has 8 heteroatoms. The molecule has 0 saturated carbocycles. The minimum Gasteiger partial charge on any atom is -0.478 e. The molecule has 3 aromatic rings. The maximum atomic E-state index is 12.3. The molecule has 0 unspecified atom stereocenters. The molecule has 3 rings (SSSR count). The van der Waals surface area contributed by atoms with Crippen LogP contribution in [0.3, 0.4) is 0 Å². The highest BCUT2D eigenvalue weighted by Crippen LogP contribution is 2.29. The zero-order valence-electron chi connectivity index (χ0n) is 14.7. The molecule has 0 spiro atoms. The number of hydrogen-bond acceptors (Lipinski definition) is 6. The van der Waals surface area contributed by atoms with Gasteiger partial charge in [-0.2, -0.15) is 9.50 Å². The van der Waals surface area contributed by atoms with Crippen molar-refractivity contribution >= 4 is 11.6 Å². The van der Waals surface area contributed by atoms with Crippen LogP contribution in [-0.2, 0) is 11.2 Å². The van der Waals surface area contributed by atoms with Gasteiger partial charge in [0.15, 0.2) is 5.75 Å². The van der Waals surface area contributed by atoms with Crippen LogP contribution in [0.4, 0.5) is 0 Å². The normalized spacial score (nSPS) is 10.7. The van der Waals surface area contributed by atoms with Crippen molar-refractivity contribution < 1.29 is 19.0 Å². The first kappa shape index (κ1) is 17.5. The predicted molar refractivity (Wildman–Crippen MR) is 94.2 cm³/mol. The van der Waals surface area contributed by atoms with E-state index in [1.807, 2.05) is 13.8 Å². The average molecular weight is 357 g/mol. The van der Waals surface area contributed by atoms with Gasteiger partial charge in [-0.3, -0.25) is 9.89 Å². The van der Waals surface area contributed by atoms with E-state index >= 15 is 0 Å². The number of aryl methyl sites for hydroxylation is 1. The zero-order chi connectivity index (χ0) is 18.7. The molecule has 8 nitrogen and oxygen atoms in total. The Morgan fingerprint density at radius 3 is 2.58 bits per heavy atom. The lowest BCUT2D eigenvalue weighted by Crippen LogP contribution is -2.15. The maximum absolute atomic E-state index is 12.3. The molecule has 2 aromatic heterocycles. The fourth-order valence-corrected chi connectivity index (χ4v) is 2.51. The number of carbonyl (C=O) groups excluding carboxylic acids is 1. The van der Waals surface area contributed by atoms with Gasteiger partial charge in [0.2, 0.25) is 11.5 Å². The van der Waals surface area contributed by atoms with Gasteiger partial charge in [0, 0.05) is 0 Å². The highest BCUT2D eigenvalue weighted by atomic mass is 16.5. The van der Waals surface area contributed by atoms with Crippen molar-refractivity contribution in [3.05, 3.63) is 51.9 Å². The van der Waals surface area contributed by atoms with Gasteiger partial charge < -0.3 is 14.2 Å². The summed E-state index contributed by atoms with van der Waals surface area (Å²) >= 11 is 0. The van der Waals surface area contributed by atoms with Crippen LogP contribution in [0.2, 0.25) is 0 Å². The predicted octanol–water partition coefficient (Wildman–Crippen LogP) is 2.56. The first-order valence-corrected chi connectivity index (χ1v) is 8.21. The third-order valence-electron chi connectivity index (χ3n) is 3.76. The highest BCUT2D eigenvalue weighted by Gasteiger charge is 2.17. The lowest BCUT2D eigenvalue weighted by Gasteiger charge is -2.07. The summed E-state index contributed by atoms with van der Waals surface area (Å²) in [5, 5.41) is 3.00. The maximum Gasteiger partial charge on any atom is 0.337 e. The molecule has 0 aliphatic rings. The van der Waals surface area contributed by atoms with Gasteiger partial charge in [-0.1, -0.05) is 6.92 Å². The Morgan fingerprint density at radius 1 is 1.23 bits per heavy atom. The van der Waals surface area contributed by atoms with Crippen molar-refractivity contribution in [3.63, 3.8) is 0 Å². The van der Waals surface area contributed by atoms with Gasteiger partial charge >= 0.3 is 5.97 Å². The smallest absolute Gasteiger partial charge is 0.337 e. The van der Waals surface area contributed by atoms with Gasteiger partial charge in [0.25, 0.3) is 5.56 Å². The molecule has 1 aromatic carbocycles. The van der Waals surface area contributed by atoms with Crippen LogP contribution in [0.1, 0.15) is 29.9 Å². The number of aromatic nitrogens is 3. The molecule has 2 heterocycles. The van der Waals surface area contributed by atoms with E-state index in [1.165, 1.54) is 17.7 Å². The number of methoxy groups -OCH3 is 1. The molecule has 0 aliphatic carbocycles. The van der Waals surface area contributed by atoms with E-state index in [0.29, 0.717) is 35.7 Å². The second kappa shape index (κ2) is 7.30. The highest BCUT2D eigenvalue weighted by molar-refractivity contribution is 5.89. The molecular weight excluding hydrogens is 338 g/mol. The van der Waals surface area contributed by atoms with Gasteiger partial charge in [-0.15, -0.1) is 0 Å². The standard InChI is InChI=1S/C18H19N3O5/c1-4-13-16(26-12-8-6-11(7-9-12)18(23)24-3)17-19-14(25-5-2)10-15(22)21(17)20-13/h6-10,20H,4-5H2,1-3H3. The molecule has 136 valence electrons. The fourth-order valence-electron chi connectivity index (χ4n) is 2.51. The van der Waals surface area contributed by atoms with E-state index in [4.69, 9.17) is 9.47 Å². The molecule has 0 saturated heterocycles. The minimum atomic E-state index is -0.424. The topological polar surface area (TPSA) is 94.9 Å². The van der Waals surface area contributed by atoms with E-state index < -0.39 is 5.97 Å². The lowest BCUT2D eigenvalue weighted by atomic mass is 10.2. The second-order valence-electron chi connectivity index (χ2n) is 5.42. The Morgan fingerprint density at radius 2 is 1.96 bits per heavy atom. The van der Waals surface area contributed by atoms with Gasteiger partial charge in [0.1, 0.15) is 5.75 Å². The molecule has 0 radical (unpaired) electrons. The Labute approximate surface area is 149 Å². The van der Waals surface area contributed by atoms with Crippen LogP contribution in [0.25, 0.3) is 5.65 Å². The number of nitrogens with one attached hydrogen (secondary N) is 1. The summed E-state index contributed by atoms with van der Waals surface area (Å²) in [5.74, 6) is 0.763. The summed E-state index contributed by atoms with van der Waals surface area (Å²) in [4.78, 5) is 28.1. The molecule has 0 bridgehead atoms. The van der Waals surface area contributed by atoms with Crippen molar-refractivity contribution in [2.24, 2.45) is 0 Å². The molecule has 26 heavy (non-hydrogen) atoms. The summed E-state index contributed by atoms with van der Waals surface area (Å²) < 4.78 is 17.3. The largest absolute Gasteiger partial charge is 0.478 e. The first-order valence-electron chi connectivity index (χ1n) is 8.21. The number of hydrogen-bond donors (Lipinski definition) is 1. The number of aromatic amines is 1. The second-order valence-corrected chi connectivity index (χ2v) is 5.42. The molecule has 0 amide bonds. The number of rotatable bonds is 6. The Hall–Kier alpha value is -3.29. The number of esters is 1. The summed E-state index contributed by atoms with van der Waals surface area (Å²) in [7, 11) is 1.32. The van der Waals surface area contributed by atoms with E-state index in [1.54, 1.807) is 24.3 Å². The molecular formula is C18H19N3O5. The van der Waals surface area contributed by atoms with Crippen molar-refractivity contribution in [2.75, 3.05) is 13.7 Å². The van der Waals surface area contributed by atoms with Crippen molar-refractivity contribution in [1.82, 2.24) is 14.6 Å². The minimum absolute atomic E-state index is 0.241. The number of ether oxygens (including phenoxy) is 3. The van der Waals surface area contributed by atoms with E-state index in [2.05, 4.69) is 14.8 Å². The first-order chi connectivity index (χ1) is 12.6. The lowest BCUT2D eigenvalue weighted by molar-refractivity contribution is 0.0600. The van der Waals surface area contributed by atoms with E-state index in [9.17, 15) is 9.59 Å². The van der Waals surface area contributed by atoms with Gasteiger partial charge in [-0.25, -0.2) is 4.79 Å². The van der Waals surface area contributed by atoms with Crippen molar-refractivity contribution in [2.45, 2.75) is 20.3 Å². The summed E-state index contributed by atoms with van der Waals surface area (Å²) in [5.41, 5.74) is 1.20.